The molecule has 2 heterocycles. The van der Waals surface area contributed by atoms with Crippen LogP contribution in [0.25, 0.3) is 0 Å². The van der Waals surface area contributed by atoms with Crippen LogP contribution in [0.3, 0.4) is 0 Å². The van der Waals surface area contributed by atoms with Crippen molar-refractivity contribution in [2.24, 2.45) is 0 Å². The van der Waals surface area contributed by atoms with E-state index in [-0.39, 0.29) is 12.5 Å². The van der Waals surface area contributed by atoms with Gasteiger partial charge in [0.15, 0.2) is 0 Å². The van der Waals surface area contributed by atoms with Gasteiger partial charge in [0.2, 0.25) is 0 Å². The van der Waals surface area contributed by atoms with E-state index in [1.807, 2.05) is 35.7 Å². The van der Waals surface area contributed by atoms with Crippen molar-refractivity contribution in [3.8, 4) is 11.8 Å². The highest BCUT2D eigenvalue weighted by molar-refractivity contribution is 8.06. The van der Waals surface area contributed by atoms with Gasteiger partial charge in [-0.1, -0.05) is 11.8 Å². The molecular weight excluding hydrogens is 310 g/mol. The second-order valence-electron chi connectivity index (χ2n) is 4.22. The molecule has 6 heteroatoms. The normalized spacial score (nSPS) is 18.1. The monoisotopic (exact) mass is 327 g/mol. The lowest BCUT2D eigenvalue weighted by molar-refractivity contribution is 0.0958. The number of carbonyl (C=O) groups is 1. The Labute approximate surface area is 131 Å². The topological polar surface area (TPSA) is 49.3 Å². The molecule has 0 saturated carbocycles. The molecule has 0 aromatic carbocycles. The first-order valence-electron chi connectivity index (χ1n) is 6.46. The largest absolute Gasteiger partial charge is 0.395 e. The summed E-state index contributed by atoms with van der Waals surface area (Å²) >= 11 is 5.30. The number of hydrogen-bond donors (Lipinski definition) is 2. The quantitative estimate of drug-likeness (QED) is 0.831. The Bertz CT molecular complexity index is 498. The number of nitrogens with one attached hydrogen (secondary N) is 1. The zero-order valence-corrected chi connectivity index (χ0v) is 13.5. The second kappa shape index (κ2) is 8.63. The molecule has 0 radical (unpaired) electrons. The molecule has 2 N–H and O–H groups in total. The molecule has 1 unspecified atom stereocenters. The molecule has 1 aliphatic heterocycles. The second-order valence-corrected chi connectivity index (χ2v) is 7.86. The summed E-state index contributed by atoms with van der Waals surface area (Å²) in [6.07, 6.45) is 0.468. The van der Waals surface area contributed by atoms with Gasteiger partial charge in [-0.2, -0.15) is 23.5 Å². The molecule has 0 aliphatic carbocycles. The van der Waals surface area contributed by atoms with E-state index >= 15 is 0 Å². The van der Waals surface area contributed by atoms with Crippen molar-refractivity contribution < 1.29 is 9.90 Å². The summed E-state index contributed by atoms with van der Waals surface area (Å²) in [5, 5.41) is 12.2. The Kier molecular flexibility index (Phi) is 6.80. The summed E-state index contributed by atoms with van der Waals surface area (Å²) in [6.45, 7) is 0.808. The number of aliphatic hydroxyl groups excluding tert-OH is 1. The standard InChI is InChI=1S/C14H17NO2S3/c16-6-2-1-3-11-4-5-13(20-11)14(17)15-9-12-10-18-7-8-19-12/h4-5,12,16H,2,6-10H2,(H,15,17). The van der Waals surface area contributed by atoms with E-state index in [4.69, 9.17) is 5.11 Å². The molecular formula is C14H17NO2S3. The fourth-order valence-electron chi connectivity index (χ4n) is 1.68. The highest BCUT2D eigenvalue weighted by Gasteiger charge is 2.16. The molecule has 2 rings (SSSR count). The van der Waals surface area contributed by atoms with Crippen molar-refractivity contribution in [1.29, 1.82) is 0 Å². The first kappa shape index (κ1) is 15.8. The highest BCUT2D eigenvalue weighted by atomic mass is 32.2. The van der Waals surface area contributed by atoms with E-state index in [1.54, 1.807) is 0 Å². The van der Waals surface area contributed by atoms with Gasteiger partial charge < -0.3 is 10.4 Å². The smallest absolute Gasteiger partial charge is 0.261 e. The van der Waals surface area contributed by atoms with Gasteiger partial charge in [0, 0.05) is 35.5 Å². The van der Waals surface area contributed by atoms with Crippen LogP contribution in [0.5, 0.6) is 0 Å². The van der Waals surface area contributed by atoms with Gasteiger partial charge in [0.1, 0.15) is 0 Å². The maximum Gasteiger partial charge on any atom is 0.261 e. The summed E-state index contributed by atoms with van der Waals surface area (Å²) in [5.41, 5.74) is 0. The summed E-state index contributed by atoms with van der Waals surface area (Å²) in [7, 11) is 0. The van der Waals surface area contributed by atoms with Gasteiger partial charge in [-0.25, -0.2) is 0 Å². The van der Waals surface area contributed by atoms with Crippen molar-refractivity contribution >= 4 is 40.8 Å². The van der Waals surface area contributed by atoms with Crippen molar-refractivity contribution in [1.82, 2.24) is 5.32 Å². The average molecular weight is 327 g/mol. The molecule has 3 nitrogen and oxygen atoms in total. The van der Waals surface area contributed by atoms with Crippen molar-refractivity contribution in [2.75, 3.05) is 30.4 Å². The molecule has 0 spiro atoms. The predicted octanol–water partition coefficient (Wildman–Crippen LogP) is 2.06. The third-order valence-corrected chi connectivity index (χ3v) is 6.50. The first-order chi connectivity index (χ1) is 9.79. The van der Waals surface area contributed by atoms with Crippen LogP contribution in [-0.4, -0.2) is 46.7 Å². The van der Waals surface area contributed by atoms with Crippen molar-refractivity contribution in [3.63, 3.8) is 0 Å². The predicted molar refractivity (Wildman–Crippen MR) is 88.8 cm³/mol. The molecule has 1 fully saturated rings. The van der Waals surface area contributed by atoms with Crippen LogP contribution in [0, 0.1) is 11.8 Å². The Balaban J connectivity index is 1.81. The van der Waals surface area contributed by atoms with Crippen LogP contribution in [-0.2, 0) is 0 Å². The molecule has 108 valence electrons. The van der Waals surface area contributed by atoms with Crippen LogP contribution >= 0.6 is 34.9 Å². The summed E-state index contributed by atoms with van der Waals surface area (Å²) in [6, 6.07) is 3.67. The minimum atomic E-state index is -0.0126. The number of amides is 1. The Hall–Kier alpha value is -0.610. The minimum absolute atomic E-state index is 0.0126. The maximum absolute atomic E-state index is 12.0. The van der Waals surface area contributed by atoms with Crippen LogP contribution in [0.4, 0.5) is 0 Å². The van der Waals surface area contributed by atoms with E-state index in [9.17, 15) is 4.79 Å². The maximum atomic E-state index is 12.0. The summed E-state index contributed by atoms with van der Waals surface area (Å²) < 4.78 is 0. The van der Waals surface area contributed by atoms with E-state index in [1.165, 1.54) is 22.8 Å². The fraction of sp³-hybridized carbons (Fsp3) is 0.500. The molecule has 1 aliphatic rings. The van der Waals surface area contributed by atoms with E-state index in [2.05, 4.69) is 17.2 Å². The van der Waals surface area contributed by atoms with E-state index in [0.717, 1.165) is 17.2 Å². The van der Waals surface area contributed by atoms with Crippen molar-refractivity contribution in [3.05, 3.63) is 21.9 Å². The van der Waals surface area contributed by atoms with E-state index in [0.29, 0.717) is 16.5 Å². The number of carbonyl (C=O) groups excluding carboxylic acids is 1. The molecule has 20 heavy (non-hydrogen) atoms. The van der Waals surface area contributed by atoms with Crippen LogP contribution in [0.15, 0.2) is 12.1 Å². The number of rotatable bonds is 4. The van der Waals surface area contributed by atoms with Crippen LogP contribution in [0.1, 0.15) is 21.0 Å². The third kappa shape index (κ3) is 5.06. The third-order valence-electron chi connectivity index (χ3n) is 2.65. The molecule has 0 bridgehead atoms. The van der Waals surface area contributed by atoms with Gasteiger partial charge >= 0.3 is 0 Å². The van der Waals surface area contributed by atoms with Gasteiger partial charge in [0.25, 0.3) is 5.91 Å². The number of thioether (sulfide) groups is 2. The zero-order valence-electron chi connectivity index (χ0n) is 11.1. The minimum Gasteiger partial charge on any atom is -0.395 e. The average Bonchev–Trinajstić information content (AvgIpc) is 2.95. The summed E-state index contributed by atoms with van der Waals surface area (Å²) in [4.78, 5) is 13.6. The first-order valence-corrected chi connectivity index (χ1v) is 9.48. The van der Waals surface area contributed by atoms with Gasteiger partial charge in [0.05, 0.1) is 16.4 Å². The summed E-state index contributed by atoms with van der Waals surface area (Å²) in [5.74, 6) is 9.31. The molecule has 1 amide bonds. The molecule has 1 aromatic heterocycles. The van der Waals surface area contributed by atoms with Gasteiger partial charge in [-0.05, 0) is 12.1 Å². The molecule has 1 saturated heterocycles. The SMILES string of the molecule is O=C(NCC1CSCCS1)c1ccc(C#CCCO)s1. The lowest BCUT2D eigenvalue weighted by Gasteiger charge is -2.20. The number of hydrogen-bond acceptors (Lipinski definition) is 5. The fourth-order valence-corrected chi connectivity index (χ4v) is 5.09. The number of aliphatic hydroxyl groups is 1. The van der Waals surface area contributed by atoms with Gasteiger partial charge in [-0.15, -0.1) is 11.3 Å². The lowest BCUT2D eigenvalue weighted by atomic mass is 10.3. The van der Waals surface area contributed by atoms with Crippen LogP contribution in [0.2, 0.25) is 0 Å². The zero-order chi connectivity index (χ0) is 14.2. The van der Waals surface area contributed by atoms with E-state index < -0.39 is 0 Å². The highest BCUT2D eigenvalue weighted by Crippen LogP contribution is 2.23. The Morgan fingerprint density at radius 1 is 1.45 bits per heavy atom. The molecule has 1 atom stereocenters. The van der Waals surface area contributed by atoms with Crippen LogP contribution < -0.4 is 5.32 Å². The molecule has 1 aromatic rings. The van der Waals surface area contributed by atoms with Gasteiger partial charge in [-0.3, -0.25) is 4.79 Å². The van der Waals surface area contributed by atoms with Crippen molar-refractivity contribution in [2.45, 2.75) is 11.7 Å². The Morgan fingerprint density at radius 2 is 2.35 bits per heavy atom. The number of thiophene rings is 1. The Morgan fingerprint density at radius 3 is 3.10 bits per heavy atom. The lowest BCUT2D eigenvalue weighted by Crippen LogP contribution is -2.33.